The Labute approximate surface area is 153 Å². The number of methoxy groups -OCH3 is 1. The van der Waals surface area contributed by atoms with Crippen LogP contribution in [-0.2, 0) is 19.6 Å². The van der Waals surface area contributed by atoms with Crippen molar-refractivity contribution in [1.82, 2.24) is 4.90 Å². The fourth-order valence-corrected chi connectivity index (χ4v) is 3.81. The van der Waals surface area contributed by atoms with Gasteiger partial charge in [0, 0.05) is 20.2 Å². The fraction of sp³-hybridized carbons (Fsp3) is 0.529. The Morgan fingerprint density at radius 1 is 1.38 bits per heavy atom. The average molecular weight is 384 g/mol. The van der Waals surface area contributed by atoms with E-state index in [2.05, 4.69) is 4.72 Å². The van der Waals surface area contributed by atoms with Crippen molar-refractivity contribution < 1.29 is 27.9 Å². The molecule has 144 valence electrons. The number of carboxylic acid groups (broad SMARTS) is 1. The van der Waals surface area contributed by atoms with Crippen molar-refractivity contribution in [2.24, 2.45) is 5.41 Å². The molecule has 1 atom stereocenters. The van der Waals surface area contributed by atoms with Crippen molar-refractivity contribution in [2.45, 2.75) is 19.8 Å². The van der Waals surface area contributed by atoms with Gasteiger partial charge in [-0.05, 0) is 31.9 Å². The SMILES string of the molecule is COCC1(C(=O)O)CCCN(C(=O)c2cc(C)ccc2NS(C)(=O)=O)C1. The highest BCUT2D eigenvalue weighted by molar-refractivity contribution is 7.92. The molecular weight excluding hydrogens is 360 g/mol. The summed E-state index contributed by atoms with van der Waals surface area (Å²) < 4.78 is 30.6. The van der Waals surface area contributed by atoms with Gasteiger partial charge >= 0.3 is 5.97 Å². The summed E-state index contributed by atoms with van der Waals surface area (Å²) in [4.78, 5) is 26.3. The van der Waals surface area contributed by atoms with Gasteiger partial charge in [0.05, 0.1) is 24.1 Å². The number of piperidine rings is 1. The van der Waals surface area contributed by atoms with Crippen LogP contribution >= 0.6 is 0 Å². The summed E-state index contributed by atoms with van der Waals surface area (Å²) in [6.45, 7) is 2.23. The molecule has 1 fully saturated rings. The number of carbonyl (C=O) groups excluding carboxylic acids is 1. The number of carboxylic acids is 1. The van der Waals surface area contributed by atoms with Crippen molar-refractivity contribution in [3.63, 3.8) is 0 Å². The second-order valence-electron chi connectivity index (χ2n) is 6.77. The lowest BCUT2D eigenvalue weighted by atomic mass is 9.80. The van der Waals surface area contributed by atoms with Crippen LogP contribution < -0.4 is 4.72 Å². The number of aryl methyl sites for hydroxylation is 1. The van der Waals surface area contributed by atoms with Gasteiger partial charge in [0.1, 0.15) is 5.41 Å². The summed E-state index contributed by atoms with van der Waals surface area (Å²) in [5.74, 6) is -1.41. The van der Waals surface area contributed by atoms with E-state index in [9.17, 15) is 23.1 Å². The maximum Gasteiger partial charge on any atom is 0.313 e. The van der Waals surface area contributed by atoms with Crippen LogP contribution in [0.25, 0.3) is 0 Å². The van der Waals surface area contributed by atoms with Crippen molar-refractivity contribution in [2.75, 3.05) is 37.8 Å². The molecule has 1 heterocycles. The van der Waals surface area contributed by atoms with Gasteiger partial charge in [-0.2, -0.15) is 0 Å². The molecule has 26 heavy (non-hydrogen) atoms. The third-order valence-electron chi connectivity index (χ3n) is 4.44. The molecular formula is C17H24N2O6S. The molecule has 1 saturated heterocycles. The van der Waals surface area contributed by atoms with Crippen LogP contribution in [0.4, 0.5) is 5.69 Å². The number of hydrogen-bond donors (Lipinski definition) is 2. The predicted molar refractivity (Wildman–Crippen MR) is 96.7 cm³/mol. The van der Waals surface area contributed by atoms with Gasteiger partial charge in [-0.15, -0.1) is 0 Å². The summed E-state index contributed by atoms with van der Waals surface area (Å²) in [6, 6.07) is 4.84. The topological polar surface area (TPSA) is 113 Å². The molecule has 2 N–H and O–H groups in total. The molecule has 2 rings (SSSR count). The van der Waals surface area contributed by atoms with Gasteiger partial charge in [0.2, 0.25) is 10.0 Å². The van der Waals surface area contributed by atoms with Gasteiger partial charge < -0.3 is 14.7 Å². The van der Waals surface area contributed by atoms with Crippen molar-refractivity contribution in [3.05, 3.63) is 29.3 Å². The number of amides is 1. The highest BCUT2D eigenvalue weighted by atomic mass is 32.2. The van der Waals surface area contributed by atoms with Gasteiger partial charge in [-0.25, -0.2) is 8.42 Å². The first-order chi connectivity index (χ1) is 12.1. The number of ether oxygens (including phenoxy) is 1. The third kappa shape index (κ3) is 4.53. The first-order valence-corrected chi connectivity index (χ1v) is 10.1. The van der Waals surface area contributed by atoms with E-state index in [-0.39, 0.29) is 24.4 Å². The lowest BCUT2D eigenvalue weighted by Gasteiger charge is -2.39. The Hall–Kier alpha value is -2.13. The number of aliphatic carboxylic acids is 1. The second kappa shape index (κ2) is 7.63. The first-order valence-electron chi connectivity index (χ1n) is 8.18. The number of nitrogens with zero attached hydrogens (tertiary/aromatic N) is 1. The number of rotatable bonds is 6. The maximum atomic E-state index is 13.0. The molecule has 9 heteroatoms. The zero-order valence-corrected chi connectivity index (χ0v) is 15.9. The normalized spacial score (nSPS) is 20.7. The summed E-state index contributed by atoms with van der Waals surface area (Å²) in [5.41, 5.74) is 0.0258. The summed E-state index contributed by atoms with van der Waals surface area (Å²) in [7, 11) is -2.13. The highest BCUT2D eigenvalue weighted by Crippen LogP contribution is 2.32. The van der Waals surface area contributed by atoms with E-state index in [1.807, 2.05) is 0 Å². The lowest BCUT2D eigenvalue weighted by molar-refractivity contribution is -0.155. The minimum atomic E-state index is -3.56. The van der Waals surface area contributed by atoms with Crippen LogP contribution in [-0.4, -0.2) is 63.4 Å². The summed E-state index contributed by atoms with van der Waals surface area (Å²) in [6.07, 6.45) is 1.96. The lowest BCUT2D eigenvalue weighted by Crippen LogP contribution is -2.52. The summed E-state index contributed by atoms with van der Waals surface area (Å²) >= 11 is 0. The van der Waals surface area contributed by atoms with E-state index >= 15 is 0 Å². The predicted octanol–water partition coefficient (Wildman–Crippen LogP) is 1.32. The molecule has 1 aliphatic rings. The molecule has 0 spiro atoms. The Bertz CT molecular complexity index is 803. The molecule has 1 aliphatic heterocycles. The molecule has 1 unspecified atom stereocenters. The minimum Gasteiger partial charge on any atom is -0.481 e. The number of hydrogen-bond acceptors (Lipinski definition) is 5. The zero-order chi connectivity index (χ0) is 19.5. The van der Waals surface area contributed by atoms with Crippen LogP contribution in [0, 0.1) is 12.3 Å². The van der Waals surface area contributed by atoms with Crippen molar-refractivity contribution in [3.8, 4) is 0 Å². The second-order valence-corrected chi connectivity index (χ2v) is 8.52. The molecule has 0 aliphatic carbocycles. The molecule has 0 saturated carbocycles. The number of nitrogens with one attached hydrogen (secondary N) is 1. The monoisotopic (exact) mass is 384 g/mol. The van der Waals surface area contributed by atoms with Crippen LogP contribution in [0.2, 0.25) is 0 Å². The Morgan fingerprint density at radius 2 is 2.08 bits per heavy atom. The van der Waals surface area contributed by atoms with Gasteiger partial charge in [-0.1, -0.05) is 11.6 Å². The highest BCUT2D eigenvalue weighted by Gasteiger charge is 2.44. The standard InChI is InChI=1S/C17H24N2O6S/c1-12-5-6-14(18-26(3,23)24)13(9-12)15(20)19-8-4-7-17(10-19,11-25-2)16(21)22/h5-6,9,18H,4,7-8,10-11H2,1-3H3,(H,21,22). The quantitative estimate of drug-likeness (QED) is 0.765. The van der Waals surface area contributed by atoms with E-state index in [0.29, 0.717) is 19.4 Å². The molecule has 1 aromatic carbocycles. The largest absolute Gasteiger partial charge is 0.481 e. The van der Waals surface area contributed by atoms with Crippen LogP contribution in [0.3, 0.4) is 0 Å². The number of sulfonamides is 1. The van der Waals surface area contributed by atoms with Crippen LogP contribution in [0.15, 0.2) is 18.2 Å². The number of benzene rings is 1. The van der Waals surface area contributed by atoms with Gasteiger partial charge in [-0.3, -0.25) is 14.3 Å². The molecule has 0 bridgehead atoms. The van der Waals surface area contributed by atoms with E-state index in [1.54, 1.807) is 19.1 Å². The van der Waals surface area contributed by atoms with Crippen molar-refractivity contribution in [1.29, 1.82) is 0 Å². The zero-order valence-electron chi connectivity index (χ0n) is 15.1. The molecule has 1 aromatic rings. The van der Waals surface area contributed by atoms with E-state index < -0.39 is 27.3 Å². The van der Waals surface area contributed by atoms with Crippen LogP contribution in [0.1, 0.15) is 28.8 Å². The van der Waals surface area contributed by atoms with Crippen LogP contribution in [0.5, 0.6) is 0 Å². The van der Waals surface area contributed by atoms with E-state index in [1.165, 1.54) is 18.1 Å². The molecule has 0 aromatic heterocycles. The Morgan fingerprint density at radius 3 is 2.65 bits per heavy atom. The minimum absolute atomic E-state index is 0.00831. The molecule has 0 radical (unpaired) electrons. The fourth-order valence-electron chi connectivity index (χ4n) is 3.23. The maximum absolute atomic E-state index is 13.0. The van der Waals surface area contributed by atoms with E-state index in [0.717, 1.165) is 11.8 Å². The van der Waals surface area contributed by atoms with E-state index in [4.69, 9.17) is 4.74 Å². The summed E-state index contributed by atoms with van der Waals surface area (Å²) in [5, 5.41) is 9.63. The number of likely N-dealkylation sites (tertiary alicyclic amines) is 1. The average Bonchev–Trinajstić information content (AvgIpc) is 2.55. The number of carbonyl (C=O) groups is 2. The molecule has 1 amide bonds. The number of anilines is 1. The van der Waals surface area contributed by atoms with Crippen molar-refractivity contribution >= 4 is 27.6 Å². The van der Waals surface area contributed by atoms with Gasteiger partial charge in [0.15, 0.2) is 0 Å². The Balaban J connectivity index is 2.36. The Kier molecular flexibility index (Phi) is 5.92. The molecule has 8 nitrogen and oxygen atoms in total. The first kappa shape index (κ1) is 20.2. The smallest absolute Gasteiger partial charge is 0.313 e. The third-order valence-corrected chi connectivity index (χ3v) is 5.03. The van der Waals surface area contributed by atoms with Gasteiger partial charge in [0.25, 0.3) is 5.91 Å².